The first kappa shape index (κ1) is 18.1. The van der Waals surface area contributed by atoms with E-state index in [9.17, 15) is 14.4 Å². The number of nitrogens with one attached hydrogen (secondary N) is 1. The van der Waals surface area contributed by atoms with Gasteiger partial charge in [0.25, 0.3) is 5.91 Å². The van der Waals surface area contributed by atoms with Crippen LogP contribution in [0, 0.1) is 30.6 Å². The van der Waals surface area contributed by atoms with Crippen molar-refractivity contribution < 1.29 is 14.4 Å². The van der Waals surface area contributed by atoms with Crippen molar-refractivity contribution in [3.05, 3.63) is 70.8 Å². The smallest absolute Gasteiger partial charge is 0.255 e. The molecule has 2 aliphatic carbocycles. The topological polar surface area (TPSA) is 66.5 Å². The van der Waals surface area contributed by atoms with Gasteiger partial charge in [-0.25, -0.2) is 4.90 Å². The van der Waals surface area contributed by atoms with E-state index in [-0.39, 0.29) is 41.4 Å². The van der Waals surface area contributed by atoms with Crippen molar-refractivity contribution in [3.63, 3.8) is 0 Å². The van der Waals surface area contributed by atoms with Gasteiger partial charge in [-0.3, -0.25) is 14.4 Å². The Hall–Kier alpha value is -2.92. The molecule has 5 nitrogen and oxygen atoms in total. The van der Waals surface area contributed by atoms with Crippen molar-refractivity contribution >= 4 is 40.7 Å². The number of fused-ring (bicyclic) bond motifs is 5. The third kappa shape index (κ3) is 2.72. The zero-order valence-electron chi connectivity index (χ0n) is 15.8. The maximum Gasteiger partial charge on any atom is 0.255 e. The van der Waals surface area contributed by atoms with Crippen LogP contribution in [0.4, 0.5) is 11.4 Å². The molecule has 1 aliphatic heterocycles. The van der Waals surface area contributed by atoms with Crippen LogP contribution in [0.15, 0.2) is 54.6 Å². The summed E-state index contributed by atoms with van der Waals surface area (Å²) in [5, 5.41) is 3.42. The van der Waals surface area contributed by atoms with Gasteiger partial charge in [0.2, 0.25) is 11.8 Å². The maximum absolute atomic E-state index is 13.0. The van der Waals surface area contributed by atoms with Crippen molar-refractivity contribution in [1.29, 1.82) is 0 Å². The summed E-state index contributed by atoms with van der Waals surface area (Å²) < 4.78 is 0. The van der Waals surface area contributed by atoms with Gasteiger partial charge < -0.3 is 5.32 Å². The molecule has 2 aromatic carbocycles. The first-order valence-electron chi connectivity index (χ1n) is 9.68. The van der Waals surface area contributed by atoms with Crippen LogP contribution in [-0.2, 0) is 9.59 Å². The largest absolute Gasteiger partial charge is 0.322 e. The lowest BCUT2D eigenvalue weighted by Gasteiger charge is -2.18. The Morgan fingerprint density at radius 3 is 2.38 bits per heavy atom. The Bertz CT molecular complexity index is 1060. The van der Waals surface area contributed by atoms with Crippen LogP contribution in [0.2, 0.25) is 5.02 Å². The number of amides is 3. The highest BCUT2D eigenvalue weighted by Gasteiger charge is 2.59. The molecule has 2 bridgehead atoms. The molecule has 1 saturated heterocycles. The van der Waals surface area contributed by atoms with Gasteiger partial charge in [0, 0.05) is 16.3 Å². The van der Waals surface area contributed by atoms with Gasteiger partial charge in [-0.2, -0.15) is 0 Å². The molecule has 29 heavy (non-hydrogen) atoms. The van der Waals surface area contributed by atoms with Crippen molar-refractivity contribution in [1.82, 2.24) is 0 Å². The number of imide groups is 1. The summed E-state index contributed by atoms with van der Waals surface area (Å²) >= 11 is 6.12. The predicted molar refractivity (Wildman–Crippen MR) is 111 cm³/mol. The zero-order valence-corrected chi connectivity index (χ0v) is 16.5. The number of rotatable bonds is 3. The standard InChI is InChI=1S/C23H19ClN2O3/c1-12-17(24)6-3-7-18(12)25-21(27)15-4-2-5-16(11-15)26-22(28)19-13-8-9-14(10-13)20(19)23(26)29/h2-9,11,13-14,19-20H,10H2,1H3,(H,25,27)/t13-,14+,19-,20-/m0/s1. The Balaban J connectivity index is 1.42. The lowest BCUT2D eigenvalue weighted by Crippen LogP contribution is -2.33. The van der Waals surface area contributed by atoms with E-state index in [1.807, 2.05) is 6.92 Å². The van der Waals surface area contributed by atoms with Crippen LogP contribution < -0.4 is 10.2 Å². The van der Waals surface area contributed by atoms with Crippen LogP contribution in [0.5, 0.6) is 0 Å². The summed E-state index contributed by atoms with van der Waals surface area (Å²) in [7, 11) is 0. The van der Waals surface area contributed by atoms with E-state index < -0.39 is 0 Å². The van der Waals surface area contributed by atoms with Crippen molar-refractivity contribution in [2.75, 3.05) is 10.2 Å². The molecule has 1 N–H and O–H groups in total. The molecule has 0 radical (unpaired) electrons. The minimum absolute atomic E-state index is 0.153. The molecule has 0 unspecified atom stereocenters. The highest BCUT2D eigenvalue weighted by atomic mass is 35.5. The first-order valence-corrected chi connectivity index (χ1v) is 10.1. The Morgan fingerprint density at radius 2 is 1.69 bits per heavy atom. The van der Waals surface area contributed by atoms with E-state index in [1.165, 1.54) is 4.90 Å². The second kappa shape index (κ2) is 6.56. The van der Waals surface area contributed by atoms with Crippen LogP contribution in [-0.4, -0.2) is 17.7 Å². The van der Waals surface area contributed by atoms with E-state index in [0.29, 0.717) is 22.0 Å². The molecule has 1 heterocycles. The second-order valence-corrected chi connectivity index (χ2v) is 8.34. The molecule has 0 spiro atoms. The Kier molecular flexibility index (Phi) is 4.10. The predicted octanol–water partition coefficient (Wildman–Crippen LogP) is 4.21. The molecule has 5 rings (SSSR count). The minimum Gasteiger partial charge on any atom is -0.322 e. The molecule has 4 atom stereocenters. The molecule has 0 aromatic heterocycles. The second-order valence-electron chi connectivity index (χ2n) is 7.93. The molecular formula is C23H19ClN2O3. The summed E-state index contributed by atoms with van der Waals surface area (Å²) in [5.41, 5.74) is 2.22. The van der Waals surface area contributed by atoms with Gasteiger partial charge in [-0.15, -0.1) is 0 Å². The third-order valence-corrected chi connectivity index (χ3v) is 6.76. The zero-order chi connectivity index (χ0) is 20.3. The van der Waals surface area contributed by atoms with Crippen molar-refractivity contribution in [2.24, 2.45) is 23.7 Å². The van der Waals surface area contributed by atoms with E-state index in [1.54, 1.807) is 42.5 Å². The normalized spacial score (nSPS) is 26.9. The third-order valence-electron chi connectivity index (χ3n) is 6.35. The number of carbonyl (C=O) groups is 3. The van der Waals surface area contributed by atoms with Gasteiger partial charge in [-0.1, -0.05) is 35.9 Å². The van der Waals surface area contributed by atoms with Gasteiger partial charge in [0.05, 0.1) is 17.5 Å². The average Bonchev–Trinajstić information content (AvgIpc) is 3.39. The monoisotopic (exact) mass is 406 g/mol. The van der Waals surface area contributed by atoms with Crippen LogP contribution in [0.1, 0.15) is 22.3 Å². The Labute approximate surface area is 173 Å². The molecule has 6 heteroatoms. The number of anilines is 2. The summed E-state index contributed by atoms with van der Waals surface area (Å²) in [4.78, 5) is 40.0. The van der Waals surface area contributed by atoms with Crippen LogP contribution in [0.25, 0.3) is 0 Å². The van der Waals surface area contributed by atoms with Gasteiger partial charge in [0.15, 0.2) is 0 Å². The summed E-state index contributed by atoms with van der Waals surface area (Å²) in [6, 6.07) is 12.0. The highest BCUT2D eigenvalue weighted by molar-refractivity contribution is 6.31. The fourth-order valence-corrected chi connectivity index (χ4v) is 5.05. The quantitative estimate of drug-likeness (QED) is 0.613. The van der Waals surface area contributed by atoms with Gasteiger partial charge >= 0.3 is 0 Å². The van der Waals surface area contributed by atoms with E-state index in [4.69, 9.17) is 11.6 Å². The first-order chi connectivity index (χ1) is 14.0. The van der Waals surface area contributed by atoms with Crippen LogP contribution >= 0.6 is 11.6 Å². The summed E-state index contributed by atoms with van der Waals surface area (Å²) in [6.07, 6.45) is 5.03. The average molecular weight is 407 g/mol. The molecular weight excluding hydrogens is 388 g/mol. The molecule has 2 fully saturated rings. The molecule has 2 aromatic rings. The number of hydrogen-bond donors (Lipinski definition) is 1. The molecule has 146 valence electrons. The number of benzene rings is 2. The number of nitrogens with zero attached hydrogens (tertiary/aromatic N) is 1. The maximum atomic E-state index is 13.0. The highest BCUT2D eigenvalue weighted by Crippen LogP contribution is 2.53. The van der Waals surface area contributed by atoms with E-state index in [2.05, 4.69) is 17.5 Å². The lowest BCUT2D eigenvalue weighted by atomic mass is 9.85. The lowest BCUT2D eigenvalue weighted by molar-refractivity contribution is -0.123. The van der Waals surface area contributed by atoms with Gasteiger partial charge in [0.1, 0.15) is 0 Å². The van der Waals surface area contributed by atoms with Crippen LogP contribution in [0.3, 0.4) is 0 Å². The molecule has 3 aliphatic rings. The van der Waals surface area contributed by atoms with Gasteiger partial charge in [-0.05, 0) is 61.1 Å². The fraction of sp³-hybridized carbons (Fsp3) is 0.261. The summed E-state index contributed by atoms with van der Waals surface area (Å²) in [6.45, 7) is 1.83. The Morgan fingerprint density at radius 1 is 1.03 bits per heavy atom. The fourth-order valence-electron chi connectivity index (χ4n) is 4.88. The number of carbonyl (C=O) groups excluding carboxylic acids is 3. The molecule has 1 saturated carbocycles. The number of halogens is 1. The van der Waals surface area contributed by atoms with Crippen molar-refractivity contribution in [2.45, 2.75) is 13.3 Å². The van der Waals surface area contributed by atoms with E-state index >= 15 is 0 Å². The SMILES string of the molecule is Cc1c(Cl)cccc1NC(=O)c1cccc(N2C(=O)[C@@H]3[C@@H](C2=O)[C@H]2C=C[C@@H]3C2)c1. The van der Waals surface area contributed by atoms with Crippen molar-refractivity contribution in [3.8, 4) is 0 Å². The number of allylic oxidation sites excluding steroid dienone is 2. The minimum atomic E-state index is -0.321. The summed E-state index contributed by atoms with van der Waals surface area (Å²) in [5.74, 6) is -0.834. The molecule has 3 amide bonds. The van der Waals surface area contributed by atoms with E-state index in [0.717, 1.165) is 12.0 Å². The number of hydrogen-bond acceptors (Lipinski definition) is 3.